The number of rotatable bonds is 15. The van der Waals surface area contributed by atoms with E-state index < -0.39 is 0 Å². The van der Waals surface area contributed by atoms with Crippen molar-refractivity contribution < 1.29 is 24.1 Å². The Balaban J connectivity index is 3.99. The smallest absolute Gasteiger partial charge is 0.159 e. The zero-order chi connectivity index (χ0) is 17.8. The topological polar surface area (TPSA) is 57.2 Å². The minimum atomic E-state index is -0.240. The van der Waals surface area contributed by atoms with E-state index in [4.69, 9.17) is 24.1 Å². The number of ether oxygens (including phenoxy) is 4. The van der Waals surface area contributed by atoms with Crippen molar-refractivity contribution >= 4 is 0 Å². The van der Waals surface area contributed by atoms with Gasteiger partial charge in [-0.2, -0.15) is 0 Å². The van der Waals surface area contributed by atoms with Crippen LogP contribution in [-0.4, -0.2) is 55.6 Å². The largest absolute Gasteiger partial charge is 0.396 e. The maximum atomic E-state index is 8.91. The van der Waals surface area contributed by atoms with E-state index in [0.29, 0.717) is 26.4 Å². The van der Waals surface area contributed by atoms with Crippen LogP contribution in [0.5, 0.6) is 0 Å². The molecule has 0 bridgehead atoms. The summed E-state index contributed by atoms with van der Waals surface area (Å²) in [5.74, 6) is 0. The van der Waals surface area contributed by atoms with E-state index in [1.807, 2.05) is 13.8 Å². The quantitative estimate of drug-likeness (QED) is 0.464. The van der Waals surface area contributed by atoms with E-state index in [1.54, 1.807) is 0 Å². The molecule has 1 N–H and O–H groups in total. The Labute approximate surface area is 142 Å². The molecule has 5 heteroatoms. The van der Waals surface area contributed by atoms with Crippen molar-refractivity contribution in [2.75, 3.05) is 33.0 Å². The first kappa shape index (κ1) is 22.8. The van der Waals surface area contributed by atoms with Crippen LogP contribution in [0.3, 0.4) is 0 Å². The van der Waals surface area contributed by atoms with Gasteiger partial charge in [0, 0.05) is 26.2 Å². The van der Waals surface area contributed by atoms with Gasteiger partial charge < -0.3 is 24.1 Å². The lowest BCUT2D eigenvalue weighted by Crippen LogP contribution is -2.32. The average Bonchev–Trinajstić information content (AvgIpc) is 2.45. The van der Waals surface area contributed by atoms with Crippen LogP contribution in [-0.2, 0) is 18.9 Å². The first-order valence-corrected chi connectivity index (χ1v) is 8.88. The molecule has 0 saturated heterocycles. The van der Waals surface area contributed by atoms with Crippen molar-refractivity contribution in [3.63, 3.8) is 0 Å². The summed E-state index contributed by atoms with van der Waals surface area (Å²) >= 11 is 0. The van der Waals surface area contributed by atoms with Crippen LogP contribution in [0.4, 0.5) is 0 Å². The SMILES string of the molecule is CCOC(CCOC(C)(C)CCOC(C)(C)CCCO)OCC. The maximum Gasteiger partial charge on any atom is 0.159 e. The van der Waals surface area contributed by atoms with Crippen LogP contribution in [0.1, 0.15) is 67.2 Å². The van der Waals surface area contributed by atoms with Crippen LogP contribution in [0, 0.1) is 0 Å². The van der Waals surface area contributed by atoms with Crippen molar-refractivity contribution in [1.29, 1.82) is 0 Å². The van der Waals surface area contributed by atoms with Crippen molar-refractivity contribution in [1.82, 2.24) is 0 Å². The molecular weight excluding hydrogens is 296 g/mol. The Morgan fingerprint density at radius 2 is 1.35 bits per heavy atom. The first-order chi connectivity index (χ1) is 10.8. The lowest BCUT2D eigenvalue weighted by Gasteiger charge is -2.30. The van der Waals surface area contributed by atoms with Crippen LogP contribution >= 0.6 is 0 Å². The Bertz CT molecular complexity index is 273. The van der Waals surface area contributed by atoms with Crippen molar-refractivity contribution in [3.05, 3.63) is 0 Å². The maximum absolute atomic E-state index is 8.91. The molecule has 140 valence electrons. The van der Waals surface area contributed by atoms with Crippen LogP contribution in [0.15, 0.2) is 0 Å². The first-order valence-electron chi connectivity index (χ1n) is 8.88. The molecule has 0 atom stereocenters. The van der Waals surface area contributed by atoms with Crippen molar-refractivity contribution in [2.24, 2.45) is 0 Å². The fourth-order valence-electron chi connectivity index (χ4n) is 2.24. The molecule has 0 aliphatic carbocycles. The van der Waals surface area contributed by atoms with Crippen LogP contribution in [0.25, 0.3) is 0 Å². The summed E-state index contributed by atoms with van der Waals surface area (Å²) in [4.78, 5) is 0. The van der Waals surface area contributed by atoms with E-state index in [1.165, 1.54) is 0 Å². The Kier molecular flexibility index (Phi) is 12.1. The molecule has 5 nitrogen and oxygen atoms in total. The van der Waals surface area contributed by atoms with Gasteiger partial charge in [0.15, 0.2) is 6.29 Å². The molecule has 0 unspecified atom stereocenters. The van der Waals surface area contributed by atoms with Gasteiger partial charge in [0.05, 0.1) is 24.4 Å². The lowest BCUT2D eigenvalue weighted by atomic mass is 10.0. The molecule has 0 fully saturated rings. The zero-order valence-electron chi connectivity index (χ0n) is 16.0. The Hall–Kier alpha value is -0.200. The monoisotopic (exact) mass is 334 g/mol. The summed E-state index contributed by atoms with van der Waals surface area (Å²) in [6.45, 7) is 15.0. The summed E-state index contributed by atoms with van der Waals surface area (Å²) < 4.78 is 22.9. The van der Waals surface area contributed by atoms with Gasteiger partial charge in [-0.05, 0) is 60.8 Å². The third-order valence-electron chi connectivity index (χ3n) is 3.69. The molecule has 0 radical (unpaired) electrons. The van der Waals surface area contributed by atoms with Gasteiger partial charge in [-0.1, -0.05) is 0 Å². The summed E-state index contributed by atoms with van der Waals surface area (Å²) in [7, 11) is 0. The average molecular weight is 334 g/mol. The second kappa shape index (κ2) is 12.2. The highest BCUT2D eigenvalue weighted by atomic mass is 16.7. The van der Waals surface area contributed by atoms with Gasteiger partial charge in [-0.25, -0.2) is 0 Å². The predicted molar refractivity (Wildman–Crippen MR) is 92.7 cm³/mol. The van der Waals surface area contributed by atoms with Crippen molar-refractivity contribution in [2.45, 2.75) is 84.7 Å². The predicted octanol–water partition coefficient (Wildman–Crippen LogP) is 3.53. The Morgan fingerprint density at radius 1 is 0.826 bits per heavy atom. The minimum Gasteiger partial charge on any atom is -0.396 e. The number of hydrogen-bond acceptors (Lipinski definition) is 5. The molecule has 0 aromatic heterocycles. The Morgan fingerprint density at radius 3 is 1.87 bits per heavy atom. The molecular formula is C18H38O5. The van der Waals surface area contributed by atoms with E-state index in [0.717, 1.165) is 25.7 Å². The van der Waals surface area contributed by atoms with Gasteiger partial charge in [0.1, 0.15) is 0 Å². The number of aliphatic hydroxyl groups is 1. The third-order valence-corrected chi connectivity index (χ3v) is 3.69. The standard InChI is InChI=1S/C18H38O5/c1-7-20-16(21-8-2)10-14-22-18(5,6)12-15-23-17(3,4)11-9-13-19/h16,19H,7-15H2,1-6H3. The van der Waals surface area contributed by atoms with Crippen molar-refractivity contribution in [3.8, 4) is 0 Å². The third kappa shape index (κ3) is 12.8. The molecule has 0 aliphatic heterocycles. The fraction of sp³-hybridized carbons (Fsp3) is 1.00. The molecule has 0 aliphatic rings. The summed E-state index contributed by atoms with van der Waals surface area (Å²) in [5.41, 5.74) is -0.441. The van der Waals surface area contributed by atoms with E-state index >= 15 is 0 Å². The minimum absolute atomic E-state index is 0.186. The molecule has 0 heterocycles. The second-order valence-electron chi connectivity index (χ2n) is 6.92. The molecule has 0 rings (SSSR count). The lowest BCUT2D eigenvalue weighted by molar-refractivity contribution is -0.156. The van der Waals surface area contributed by atoms with E-state index in [-0.39, 0.29) is 24.1 Å². The number of aliphatic hydroxyl groups excluding tert-OH is 1. The van der Waals surface area contributed by atoms with Gasteiger partial charge in [0.2, 0.25) is 0 Å². The van der Waals surface area contributed by atoms with Gasteiger partial charge in [-0.15, -0.1) is 0 Å². The van der Waals surface area contributed by atoms with Gasteiger partial charge in [0.25, 0.3) is 0 Å². The van der Waals surface area contributed by atoms with Crippen LogP contribution in [0.2, 0.25) is 0 Å². The molecule has 0 aromatic carbocycles. The zero-order valence-corrected chi connectivity index (χ0v) is 16.0. The molecule has 0 amide bonds. The number of hydrogen-bond donors (Lipinski definition) is 1. The molecule has 23 heavy (non-hydrogen) atoms. The summed E-state index contributed by atoms with van der Waals surface area (Å²) in [6, 6.07) is 0. The van der Waals surface area contributed by atoms with Crippen LogP contribution < -0.4 is 0 Å². The van der Waals surface area contributed by atoms with E-state index in [2.05, 4.69) is 27.7 Å². The van der Waals surface area contributed by atoms with Gasteiger partial charge >= 0.3 is 0 Å². The van der Waals surface area contributed by atoms with E-state index in [9.17, 15) is 0 Å². The molecule has 0 aromatic rings. The highest BCUT2D eigenvalue weighted by Gasteiger charge is 2.23. The molecule has 0 spiro atoms. The molecule has 0 saturated carbocycles. The fourth-order valence-corrected chi connectivity index (χ4v) is 2.24. The normalized spacial score (nSPS) is 13.0. The highest BCUT2D eigenvalue weighted by molar-refractivity contribution is 4.72. The van der Waals surface area contributed by atoms with Gasteiger partial charge in [-0.3, -0.25) is 0 Å². The summed E-state index contributed by atoms with van der Waals surface area (Å²) in [5, 5.41) is 8.91. The highest BCUT2D eigenvalue weighted by Crippen LogP contribution is 2.21. The summed E-state index contributed by atoms with van der Waals surface area (Å²) in [6.07, 6.45) is 2.99. The second-order valence-corrected chi connectivity index (χ2v) is 6.92.